The van der Waals surface area contributed by atoms with Crippen molar-refractivity contribution < 1.29 is 0 Å². The summed E-state index contributed by atoms with van der Waals surface area (Å²) in [7, 11) is 0. The van der Waals surface area contributed by atoms with Crippen LogP contribution in [0.2, 0.25) is 5.28 Å². The second-order valence-electron chi connectivity index (χ2n) is 3.71. The molecule has 94 valence electrons. The van der Waals surface area contributed by atoms with Gasteiger partial charge in [0.25, 0.3) is 0 Å². The normalized spacial score (nSPS) is 10.1. The predicted octanol–water partition coefficient (Wildman–Crippen LogP) is 2.36. The number of aromatic nitrogens is 3. The number of halogens is 1. The topological polar surface area (TPSA) is 53.9 Å². The standard InChI is InChI=1S/C11H18ClN5/c1-5-17(6-2)11-15-9(12)14-10(16-11)13-7-8(3)4/h3,5-7H2,1-2,4H3,(H,13,14,15,16). The van der Waals surface area contributed by atoms with Gasteiger partial charge in [-0.25, -0.2) is 0 Å². The lowest BCUT2D eigenvalue weighted by Crippen LogP contribution is -2.25. The Hall–Kier alpha value is -1.36. The maximum atomic E-state index is 5.87. The van der Waals surface area contributed by atoms with Gasteiger partial charge in [0.15, 0.2) is 0 Å². The monoisotopic (exact) mass is 255 g/mol. The maximum absolute atomic E-state index is 5.87. The van der Waals surface area contributed by atoms with Gasteiger partial charge in [-0.1, -0.05) is 12.2 Å². The summed E-state index contributed by atoms with van der Waals surface area (Å²) < 4.78 is 0. The Morgan fingerprint density at radius 3 is 2.47 bits per heavy atom. The molecule has 5 nitrogen and oxygen atoms in total. The number of anilines is 2. The molecule has 0 radical (unpaired) electrons. The minimum absolute atomic E-state index is 0.200. The van der Waals surface area contributed by atoms with E-state index in [1.165, 1.54) is 0 Å². The Bertz CT molecular complexity index is 389. The molecule has 0 aliphatic carbocycles. The third-order valence-electron chi connectivity index (χ3n) is 2.19. The van der Waals surface area contributed by atoms with Crippen LogP contribution >= 0.6 is 11.6 Å². The SMILES string of the molecule is C=C(C)CNc1nc(Cl)nc(N(CC)CC)n1. The first kappa shape index (κ1) is 13.7. The van der Waals surface area contributed by atoms with Crippen molar-refractivity contribution in [3.63, 3.8) is 0 Å². The van der Waals surface area contributed by atoms with Crippen LogP contribution in [0.5, 0.6) is 0 Å². The average Bonchev–Trinajstić information content (AvgIpc) is 2.27. The molecule has 0 aliphatic rings. The zero-order valence-corrected chi connectivity index (χ0v) is 11.3. The molecule has 1 rings (SSSR count). The molecule has 0 aliphatic heterocycles. The van der Waals surface area contributed by atoms with E-state index in [1.807, 2.05) is 25.7 Å². The summed E-state index contributed by atoms with van der Waals surface area (Å²) in [5.41, 5.74) is 1.01. The zero-order chi connectivity index (χ0) is 12.8. The van der Waals surface area contributed by atoms with Crippen LogP contribution < -0.4 is 10.2 Å². The van der Waals surface area contributed by atoms with E-state index in [9.17, 15) is 0 Å². The van der Waals surface area contributed by atoms with Crippen molar-refractivity contribution in [3.8, 4) is 0 Å². The maximum Gasteiger partial charge on any atom is 0.231 e. The van der Waals surface area contributed by atoms with Crippen molar-refractivity contribution in [1.82, 2.24) is 15.0 Å². The third kappa shape index (κ3) is 4.19. The molecule has 0 bridgehead atoms. The Morgan fingerprint density at radius 2 is 1.94 bits per heavy atom. The van der Waals surface area contributed by atoms with Crippen LogP contribution in [0.15, 0.2) is 12.2 Å². The number of nitrogens with one attached hydrogen (secondary N) is 1. The van der Waals surface area contributed by atoms with Crippen molar-refractivity contribution in [2.45, 2.75) is 20.8 Å². The summed E-state index contributed by atoms with van der Waals surface area (Å²) in [5.74, 6) is 1.08. The van der Waals surface area contributed by atoms with E-state index in [2.05, 4.69) is 26.8 Å². The van der Waals surface area contributed by atoms with Crippen molar-refractivity contribution in [2.75, 3.05) is 29.9 Å². The molecule has 17 heavy (non-hydrogen) atoms. The first-order valence-electron chi connectivity index (χ1n) is 5.61. The molecule has 1 N–H and O–H groups in total. The van der Waals surface area contributed by atoms with Gasteiger partial charge in [-0.15, -0.1) is 0 Å². The second kappa shape index (κ2) is 6.39. The zero-order valence-electron chi connectivity index (χ0n) is 10.5. The molecule has 0 unspecified atom stereocenters. The molecule has 6 heteroatoms. The minimum atomic E-state index is 0.200. The van der Waals surface area contributed by atoms with Gasteiger partial charge in [0.05, 0.1) is 0 Å². The van der Waals surface area contributed by atoms with E-state index in [1.54, 1.807) is 0 Å². The van der Waals surface area contributed by atoms with Crippen LogP contribution in [-0.4, -0.2) is 34.6 Å². The minimum Gasteiger partial charge on any atom is -0.350 e. The summed E-state index contributed by atoms with van der Waals surface area (Å²) in [4.78, 5) is 14.5. The fourth-order valence-electron chi connectivity index (χ4n) is 1.30. The molecule has 1 heterocycles. The van der Waals surface area contributed by atoms with Crippen molar-refractivity contribution in [1.29, 1.82) is 0 Å². The van der Waals surface area contributed by atoms with Gasteiger partial charge >= 0.3 is 0 Å². The van der Waals surface area contributed by atoms with Gasteiger partial charge in [-0.2, -0.15) is 15.0 Å². The van der Waals surface area contributed by atoms with Crippen LogP contribution in [0.25, 0.3) is 0 Å². The smallest absolute Gasteiger partial charge is 0.231 e. The van der Waals surface area contributed by atoms with E-state index in [0.29, 0.717) is 18.4 Å². The average molecular weight is 256 g/mol. The Labute approximate surface area is 107 Å². The summed E-state index contributed by atoms with van der Waals surface area (Å²) in [6.07, 6.45) is 0. The molecular formula is C11H18ClN5. The van der Waals surface area contributed by atoms with E-state index in [-0.39, 0.29) is 5.28 Å². The van der Waals surface area contributed by atoms with Gasteiger partial charge in [0.2, 0.25) is 17.2 Å². The highest BCUT2D eigenvalue weighted by atomic mass is 35.5. The van der Waals surface area contributed by atoms with Crippen molar-refractivity contribution >= 4 is 23.5 Å². The number of hydrogen-bond donors (Lipinski definition) is 1. The molecule has 0 saturated carbocycles. The van der Waals surface area contributed by atoms with Crippen LogP contribution in [-0.2, 0) is 0 Å². The highest BCUT2D eigenvalue weighted by Crippen LogP contribution is 2.13. The van der Waals surface area contributed by atoms with Crippen LogP contribution in [0.1, 0.15) is 20.8 Å². The summed E-state index contributed by atoms with van der Waals surface area (Å²) in [6.45, 7) is 12.1. The fourth-order valence-corrected chi connectivity index (χ4v) is 1.45. The van der Waals surface area contributed by atoms with E-state index < -0.39 is 0 Å². The molecule has 0 fully saturated rings. The molecule has 0 amide bonds. The third-order valence-corrected chi connectivity index (χ3v) is 2.36. The Balaban J connectivity index is 2.89. The number of hydrogen-bond acceptors (Lipinski definition) is 5. The van der Waals surface area contributed by atoms with E-state index in [0.717, 1.165) is 18.7 Å². The fraction of sp³-hybridized carbons (Fsp3) is 0.545. The lowest BCUT2D eigenvalue weighted by atomic mass is 10.3. The van der Waals surface area contributed by atoms with Crippen LogP contribution in [0.3, 0.4) is 0 Å². The quantitative estimate of drug-likeness (QED) is 0.791. The molecule has 0 saturated heterocycles. The van der Waals surface area contributed by atoms with Gasteiger partial charge < -0.3 is 10.2 Å². The van der Waals surface area contributed by atoms with Crippen molar-refractivity contribution in [3.05, 3.63) is 17.4 Å². The van der Waals surface area contributed by atoms with E-state index in [4.69, 9.17) is 11.6 Å². The Morgan fingerprint density at radius 1 is 1.29 bits per heavy atom. The first-order valence-corrected chi connectivity index (χ1v) is 5.99. The molecular weight excluding hydrogens is 238 g/mol. The molecule has 0 aromatic carbocycles. The summed E-state index contributed by atoms with van der Waals surface area (Å²) >= 11 is 5.87. The summed E-state index contributed by atoms with van der Waals surface area (Å²) in [5, 5.41) is 3.26. The highest BCUT2D eigenvalue weighted by molar-refractivity contribution is 6.28. The largest absolute Gasteiger partial charge is 0.350 e. The summed E-state index contributed by atoms with van der Waals surface area (Å²) in [6, 6.07) is 0. The van der Waals surface area contributed by atoms with Gasteiger partial charge in [0.1, 0.15) is 0 Å². The van der Waals surface area contributed by atoms with E-state index >= 15 is 0 Å². The number of nitrogens with zero attached hydrogens (tertiary/aromatic N) is 4. The first-order chi connectivity index (χ1) is 8.06. The second-order valence-corrected chi connectivity index (χ2v) is 4.05. The molecule has 1 aromatic rings. The molecule has 0 atom stereocenters. The Kier molecular flexibility index (Phi) is 5.15. The van der Waals surface area contributed by atoms with Crippen LogP contribution in [0, 0.1) is 0 Å². The number of rotatable bonds is 6. The highest BCUT2D eigenvalue weighted by Gasteiger charge is 2.09. The molecule has 1 aromatic heterocycles. The van der Waals surface area contributed by atoms with Gasteiger partial charge in [0, 0.05) is 19.6 Å². The lowest BCUT2D eigenvalue weighted by Gasteiger charge is -2.18. The lowest BCUT2D eigenvalue weighted by molar-refractivity contribution is 0.812. The van der Waals surface area contributed by atoms with Gasteiger partial charge in [-0.3, -0.25) is 0 Å². The van der Waals surface area contributed by atoms with Crippen molar-refractivity contribution in [2.24, 2.45) is 0 Å². The van der Waals surface area contributed by atoms with Gasteiger partial charge in [-0.05, 0) is 32.4 Å². The molecule has 0 spiro atoms. The predicted molar refractivity (Wildman–Crippen MR) is 71.7 cm³/mol. The van der Waals surface area contributed by atoms with Crippen LogP contribution in [0.4, 0.5) is 11.9 Å².